The Labute approximate surface area is 115 Å². The predicted octanol–water partition coefficient (Wildman–Crippen LogP) is 2.43. The van der Waals surface area contributed by atoms with Gasteiger partial charge in [-0.3, -0.25) is 0 Å². The molecule has 0 heterocycles. The van der Waals surface area contributed by atoms with E-state index in [1.54, 1.807) is 0 Å². The van der Waals surface area contributed by atoms with Crippen LogP contribution in [-0.4, -0.2) is 62.7 Å². The number of nitrogens with one attached hydrogen (secondary N) is 1. The van der Waals surface area contributed by atoms with Crippen LogP contribution in [0.4, 0.5) is 0 Å². The highest BCUT2D eigenvalue weighted by molar-refractivity contribution is 4.63. The van der Waals surface area contributed by atoms with Crippen LogP contribution in [0.5, 0.6) is 0 Å². The maximum atomic E-state index is 3.56. The van der Waals surface area contributed by atoms with E-state index in [1.807, 2.05) is 0 Å². The van der Waals surface area contributed by atoms with E-state index in [-0.39, 0.29) is 0 Å². The van der Waals surface area contributed by atoms with Gasteiger partial charge in [-0.2, -0.15) is 0 Å². The summed E-state index contributed by atoms with van der Waals surface area (Å²) in [4.78, 5) is 4.85. The molecule has 1 unspecified atom stereocenters. The molecule has 0 spiro atoms. The second-order valence-corrected chi connectivity index (χ2v) is 5.59. The minimum Gasteiger partial charge on any atom is -0.314 e. The summed E-state index contributed by atoms with van der Waals surface area (Å²) in [6.45, 7) is 12.8. The van der Waals surface area contributed by atoms with Gasteiger partial charge < -0.3 is 15.1 Å². The van der Waals surface area contributed by atoms with Crippen LogP contribution in [0.1, 0.15) is 46.5 Å². The Kier molecular flexibility index (Phi) is 11.9. The molecule has 3 nitrogen and oxygen atoms in total. The van der Waals surface area contributed by atoms with Crippen molar-refractivity contribution in [1.82, 2.24) is 15.1 Å². The Morgan fingerprint density at radius 2 is 1.67 bits per heavy atom. The van der Waals surface area contributed by atoms with E-state index in [1.165, 1.54) is 51.9 Å². The summed E-state index contributed by atoms with van der Waals surface area (Å²) in [7, 11) is 4.30. The van der Waals surface area contributed by atoms with Gasteiger partial charge in [0, 0.05) is 6.04 Å². The summed E-state index contributed by atoms with van der Waals surface area (Å²) >= 11 is 0. The molecule has 0 aliphatic rings. The number of hydrogen-bond acceptors (Lipinski definition) is 3. The Morgan fingerprint density at radius 3 is 2.22 bits per heavy atom. The van der Waals surface area contributed by atoms with Crippen molar-refractivity contribution in [2.75, 3.05) is 46.8 Å². The van der Waals surface area contributed by atoms with Gasteiger partial charge in [0.2, 0.25) is 0 Å². The first-order chi connectivity index (χ1) is 8.60. The molecule has 0 saturated heterocycles. The lowest BCUT2D eigenvalue weighted by molar-refractivity contribution is 0.258. The average Bonchev–Trinajstić information content (AvgIpc) is 2.34. The van der Waals surface area contributed by atoms with E-state index < -0.39 is 0 Å². The standard InChI is InChI=1S/C15H35N3/c1-6-11-16-15(3)10-8-13-18(7-2)14-9-12-17(4)5/h15-16H,6-14H2,1-5H3. The summed E-state index contributed by atoms with van der Waals surface area (Å²) in [6, 6.07) is 0.672. The molecule has 3 heteroatoms. The van der Waals surface area contributed by atoms with Crippen molar-refractivity contribution in [3.8, 4) is 0 Å². The third-order valence-electron chi connectivity index (χ3n) is 3.38. The van der Waals surface area contributed by atoms with Crippen LogP contribution in [0, 0.1) is 0 Å². The van der Waals surface area contributed by atoms with E-state index >= 15 is 0 Å². The largest absolute Gasteiger partial charge is 0.314 e. The van der Waals surface area contributed by atoms with Crippen molar-refractivity contribution in [3.05, 3.63) is 0 Å². The molecule has 0 rings (SSSR count). The van der Waals surface area contributed by atoms with Gasteiger partial charge in [-0.25, -0.2) is 0 Å². The Morgan fingerprint density at radius 1 is 1.00 bits per heavy atom. The van der Waals surface area contributed by atoms with Gasteiger partial charge >= 0.3 is 0 Å². The zero-order valence-corrected chi connectivity index (χ0v) is 13.3. The molecule has 110 valence electrons. The molecule has 0 aromatic carbocycles. The second kappa shape index (κ2) is 11.9. The van der Waals surface area contributed by atoms with E-state index in [2.05, 4.69) is 50.0 Å². The maximum absolute atomic E-state index is 3.56. The molecule has 0 amide bonds. The molecule has 1 atom stereocenters. The minimum absolute atomic E-state index is 0.672. The molecule has 0 aliphatic carbocycles. The van der Waals surface area contributed by atoms with Crippen LogP contribution < -0.4 is 5.32 Å². The average molecular weight is 257 g/mol. The van der Waals surface area contributed by atoms with Crippen LogP contribution in [0.25, 0.3) is 0 Å². The highest BCUT2D eigenvalue weighted by atomic mass is 15.1. The fourth-order valence-electron chi connectivity index (χ4n) is 2.15. The van der Waals surface area contributed by atoms with Crippen LogP contribution in [0.15, 0.2) is 0 Å². The summed E-state index contributed by atoms with van der Waals surface area (Å²) < 4.78 is 0. The third kappa shape index (κ3) is 11.0. The van der Waals surface area contributed by atoms with Crippen molar-refractivity contribution in [3.63, 3.8) is 0 Å². The summed E-state index contributed by atoms with van der Waals surface area (Å²) in [6.07, 6.45) is 5.12. The lowest BCUT2D eigenvalue weighted by Crippen LogP contribution is -2.31. The Hall–Kier alpha value is -0.120. The molecule has 0 radical (unpaired) electrons. The van der Waals surface area contributed by atoms with Crippen molar-refractivity contribution in [1.29, 1.82) is 0 Å². The van der Waals surface area contributed by atoms with E-state index in [4.69, 9.17) is 0 Å². The molecule has 0 aliphatic heterocycles. The highest BCUT2D eigenvalue weighted by Gasteiger charge is 2.04. The molecular formula is C15H35N3. The fourth-order valence-corrected chi connectivity index (χ4v) is 2.15. The van der Waals surface area contributed by atoms with Gasteiger partial charge in [-0.1, -0.05) is 13.8 Å². The summed E-state index contributed by atoms with van der Waals surface area (Å²) in [5, 5.41) is 3.56. The van der Waals surface area contributed by atoms with Crippen LogP contribution in [0.2, 0.25) is 0 Å². The Balaban J connectivity index is 3.54. The quantitative estimate of drug-likeness (QED) is 0.579. The smallest absolute Gasteiger partial charge is 0.00391 e. The van der Waals surface area contributed by atoms with E-state index in [0.717, 1.165) is 6.54 Å². The zero-order chi connectivity index (χ0) is 13.8. The van der Waals surface area contributed by atoms with Crippen LogP contribution in [-0.2, 0) is 0 Å². The predicted molar refractivity (Wildman–Crippen MR) is 82.3 cm³/mol. The molecule has 0 fully saturated rings. The van der Waals surface area contributed by atoms with Crippen LogP contribution >= 0.6 is 0 Å². The highest BCUT2D eigenvalue weighted by Crippen LogP contribution is 2.01. The first-order valence-electron chi connectivity index (χ1n) is 7.70. The molecule has 0 saturated carbocycles. The normalized spacial score (nSPS) is 13.5. The number of hydrogen-bond donors (Lipinski definition) is 1. The summed E-state index contributed by atoms with van der Waals surface area (Å²) in [5.74, 6) is 0. The van der Waals surface area contributed by atoms with Crippen molar-refractivity contribution in [2.24, 2.45) is 0 Å². The maximum Gasteiger partial charge on any atom is 0.00391 e. The summed E-state index contributed by atoms with van der Waals surface area (Å²) in [5.41, 5.74) is 0. The second-order valence-electron chi connectivity index (χ2n) is 5.59. The first-order valence-corrected chi connectivity index (χ1v) is 7.70. The monoisotopic (exact) mass is 257 g/mol. The number of nitrogens with zero attached hydrogens (tertiary/aromatic N) is 2. The van der Waals surface area contributed by atoms with Gasteiger partial charge in [0.1, 0.15) is 0 Å². The molecule has 0 bridgehead atoms. The van der Waals surface area contributed by atoms with Crippen molar-refractivity contribution in [2.45, 2.75) is 52.5 Å². The zero-order valence-electron chi connectivity index (χ0n) is 13.3. The first kappa shape index (κ1) is 17.9. The molecule has 1 N–H and O–H groups in total. The minimum atomic E-state index is 0.672. The SMILES string of the molecule is CCCNC(C)CCCN(CC)CCCN(C)C. The molecule has 0 aromatic heterocycles. The van der Waals surface area contributed by atoms with Crippen molar-refractivity contribution < 1.29 is 0 Å². The number of rotatable bonds is 12. The lowest BCUT2D eigenvalue weighted by atomic mass is 10.1. The lowest BCUT2D eigenvalue weighted by Gasteiger charge is -2.22. The van der Waals surface area contributed by atoms with E-state index in [0.29, 0.717) is 6.04 Å². The van der Waals surface area contributed by atoms with Crippen LogP contribution in [0.3, 0.4) is 0 Å². The fraction of sp³-hybridized carbons (Fsp3) is 1.00. The van der Waals surface area contributed by atoms with Gasteiger partial charge in [0.05, 0.1) is 0 Å². The Bertz CT molecular complexity index is 171. The van der Waals surface area contributed by atoms with Gasteiger partial charge in [0.25, 0.3) is 0 Å². The third-order valence-corrected chi connectivity index (χ3v) is 3.38. The molecule has 18 heavy (non-hydrogen) atoms. The van der Waals surface area contributed by atoms with Gasteiger partial charge in [-0.05, 0) is 79.4 Å². The van der Waals surface area contributed by atoms with Gasteiger partial charge in [-0.15, -0.1) is 0 Å². The van der Waals surface area contributed by atoms with E-state index in [9.17, 15) is 0 Å². The topological polar surface area (TPSA) is 18.5 Å². The van der Waals surface area contributed by atoms with Crippen molar-refractivity contribution >= 4 is 0 Å². The molecule has 0 aromatic rings. The van der Waals surface area contributed by atoms with Gasteiger partial charge in [0.15, 0.2) is 0 Å². The molecular weight excluding hydrogens is 222 g/mol.